The first kappa shape index (κ1) is 20.9. The maximum absolute atomic E-state index is 12.0. The zero-order valence-corrected chi connectivity index (χ0v) is 17.0. The average molecular weight is 410 g/mol. The summed E-state index contributed by atoms with van der Waals surface area (Å²) in [7, 11) is 3.12. The van der Waals surface area contributed by atoms with Crippen LogP contribution in [0.4, 0.5) is 0 Å². The molecule has 3 rings (SSSR count). The summed E-state index contributed by atoms with van der Waals surface area (Å²) in [5.41, 5.74) is 1.69. The highest BCUT2D eigenvalue weighted by Crippen LogP contribution is 2.28. The Balaban J connectivity index is 1.53. The van der Waals surface area contributed by atoms with E-state index in [4.69, 9.17) is 23.5 Å². The largest absolute Gasteiger partial charge is 0.497 e. The van der Waals surface area contributed by atoms with Gasteiger partial charge in [0.05, 0.1) is 14.2 Å². The van der Waals surface area contributed by atoms with E-state index >= 15 is 0 Å². The first-order valence-corrected chi connectivity index (χ1v) is 9.19. The van der Waals surface area contributed by atoms with Gasteiger partial charge < -0.3 is 23.5 Å². The summed E-state index contributed by atoms with van der Waals surface area (Å²) >= 11 is 0. The van der Waals surface area contributed by atoms with Crippen molar-refractivity contribution in [2.75, 3.05) is 20.8 Å². The second-order valence-electron chi connectivity index (χ2n) is 6.10. The van der Waals surface area contributed by atoms with Crippen molar-refractivity contribution < 1.29 is 28.3 Å². The van der Waals surface area contributed by atoms with Crippen LogP contribution in [0.2, 0.25) is 0 Å². The molecule has 8 nitrogen and oxygen atoms in total. The summed E-state index contributed by atoms with van der Waals surface area (Å²) in [4.78, 5) is 16.2. The van der Waals surface area contributed by atoms with Crippen LogP contribution in [0.15, 0.2) is 53.1 Å². The summed E-state index contributed by atoms with van der Waals surface area (Å²) < 4.78 is 26.3. The lowest BCUT2D eigenvalue weighted by atomic mass is 10.2. The monoisotopic (exact) mass is 410 g/mol. The Hall–Kier alpha value is -3.81. The van der Waals surface area contributed by atoms with Crippen LogP contribution in [0.5, 0.6) is 17.2 Å². The molecule has 0 saturated heterocycles. The second kappa shape index (κ2) is 10.1. The van der Waals surface area contributed by atoms with Gasteiger partial charge in [-0.05, 0) is 36.8 Å². The standard InChI is InChI=1S/C22H22N2O6/c1-4-6-15-9-10-18(19(11-15)27-3)28-14-21(25)29-13-20-23-22(24-30-20)16-7-5-8-17(12-16)26-2/h4-12H,13-14H2,1-3H3/b6-4+. The number of benzene rings is 2. The molecule has 0 fully saturated rings. The number of hydrogen-bond donors (Lipinski definition) is 0. The molecule has 0 aliphatic rings. The number of rotatable bonds is 9. The summed E-state index contributed by atoms with van der Waals surface area (Å²) in [6, 6.07) is 12.7. The smallest absolute Gasteiger partial charge is 0.344 e. The van der Waals surface area contributed by atoms with Crippen LogP contribution in [0, 0.1) is 0 Å². The molecule has 2 aromatic carbocycles. The van der Waals surface area contributed by atoms with Crippen molar-refractivity contribution in [3.63, 3.8) is 0 Å². The Morgan fingerprint density at radius 2 is 1.97 bits per heavy atom. The molecule has 156 valence electrons. The van der Waals surface area contributed by atoms with Crippen LogP contribution < -0.4 is 14.2 Å². The third-order valence-electron chi connectivity index (χ3n) is 4.04. The minimum absolute atomic E-state index is 0.156. The number of ether oxygens (including phenoxy) is 4. The molecule has 0 N–H and O–H groups in total. The molecule has 30 heavy (non-hydrogen) atoms. The molecule has 0 aliphatic heterocycles. The predicted molar refractivity (Wildman–Crippen MR) is 109 cm³/mol. The fourth-order valence-corrected chi connectivity index (χ4v) is 2.61. The van der Waals surface area contributed by atoms with Gasteiger partial charge in [0, 0.05) is 5.56 Å². The molecular weight excluding hydrogens is 388 g/mol. The highest BCUT2D eigenvalue weighted by molar-refractivity contribution is 5.71. The van der Waals surface area contributed by atoms with E-state index in [-0.39, 0.29) is 19.1 Å². The summed E-state index contributed by atoms with van der Waals surface area (Å²) in [6.07, 6.45) is 3.86. The Labute approximate surface area is 174 Å². The minimum atomic E-state index is -0.573. The van der Waals surface area contributed by atoms with Crippen molar-refractivity contribution in [2.24, 2.45) is 0 Å². The molecular formula is C22H22N2O6. The summed E-state index contributed by atoms with van der Waals surface area (Å²) in [6.45, 7) is 1.49. The van der Waals surface area contributed by atoms with Gasteiger partial charge in [-0.15, -0.1) is 0 Å². The lowest BCUT2D eigenvalue weighted by molar-refractivity contribution is -0.148. The van der Waals surface area contributed by atoms with Gasteiger partial charge in [0.15, 0.2) is 24.7 Å². The molecule has 0 atom stereocenters. The van der Waals surface area contributed by atoms with Crippen LogP contribution in [0.1, 0.15) is 18.4 Å². The van der Waals surface area contributed by atoms with Crippen LogP contribution in [-0.4, -0.2) is 36.9 Å². The van der Waals surface area contributed by atoms with Crippen LogP contribution >= 0.6 is 0 Å². The van der Waals surface area contributed by atoms with E-state index in [1.807, 2.05) is 49.4 Å². The molecule has 1 heterocycles. The van der Waals surface area contributed by atoms with Gasteiger partial charge in [-0.1, -0.05) is 35.5 Å². The topological polar surface area (TPSA) is 92.9 Å². The molecule has 0 unspecified atom stereocenters. The highest BCUT2D eigenvalue weighted by Gasteiger charge is 2.13. The van der Waals surface area contributed by atoms with Gasteiger partial charge in [-0.3, -0.25) is 0 Å². The number of nitrogens with zero attached hydrogens (tertiary/aromatic N) is 2. The predicted octanol–water partition coefficient (Wildman–Crippen LogP) is 3.91. The molecule has 8 heteroatoms. The van der Waals surface area contributed by atoms with Crippen molar-refractivity contribution in [3.05, 3.63) is 60.0 Å². The maximum Gasteiger partial charge on any atom is 0.344 e. The Morgan fingerprint density at radius 3 is 2.73 bits per heavy atom. The zero-order valence-electron chi connectivity index (χ0n) is 17.0. The van der Waals surface area contributed by atoms with E-state index in [1.165, 1.54) is 7.11 Å². The van der Waals surface area contributed by atoms with E-state index in [9.17, 15) is 4.79 Å². The molecule has 3 aromatic rings. The number of hydrogen-bond acceptors (Lipinski definition) is 8. The van der Waals surface area contributed by atoms with Crippen molar-refractivity contribution >= 4 is 12.0 Å². The number of carbonyl (C=O) groups excluding carboxylic acids is 1. The van der Waals surface area contributed by atoms with E-state index in [0.717, 1.165) is 11.1 Å². The van der Waals surface area contributed by atoms with Gasteiger partial charge in [0.2, 0.25) is 5.82 Å². The quantitative estimate of drug-likeness (QED) is 0.490. The van der Waals surface area contributed by atoms with Crippen molar-refractivity contribution in [2.45, 2.75) is 13.5 Å². The molecule has 0 bridgehead atoms. The van der Waals surface area contributed by atoms with E-state index < -0.39 is 5.97 Å². The third-order valence-corrected chi connectivity index (χ3v) is 4.04. The lowest BCUT2D eigenvalue weighted by Crippen LogP contribution is -2.15. The third kappa shape index (κ3) is 5.38. The first-order valence-electron chi connectivity index (χ1n) is 9.19. The Bertz CT molecular complexity index is 1030. The van der Waals surface area contributed by atoms with E-state index in [0.29, 0.717) is 23.1 Å². The molecule has 0 amide bonds. The number of aromatic nitrogens is 2. The minimum Gasteiger partial charge on any atom is -0.497 e. The first-order chi connectivity index (χ1) is 14.6. The van der Waals surface area contributed by atoms with Crippen molar-refractivity contribution in [1.82, 2.24) is 10.1 Å². The average Bonchev–Trinajstić information content (AvgIpc) is 3.26. The highest BCUT2D eigenvalue weighted by atomic mass is 16.6. The fraction of sp³-hybridized carbons (Fsp3) is 0.227. The van der Waals surface area contributed by atoms with Gasteiger partial charge in [0.25, 0.3) is 5.89 Å². The SMILES string of the molecule is C/C=C/c1ccc(OCC(=O)OCc2nc(-c3cccc(OC)c3)no2)c(OC)c1. The second-order valence-corrected chi connectivity index (χ2v) is 6.10. The van der Waals surface area contributed by atoms with Gasteiger partial charge >= 0.3 is 5.97 Å². The molecule has 0 radical (unpaired) electrons. The summed E-state index contributed by atoms with van der Waals surface area (Å²) in [5.74, 6) is 1.63. The van der Waals surface area contributed by atoms with Crippen LogP contribution in [0.25, 0.3) is 17.5 Å². The number of esters is 1. The molecule has 0 aliphatic carbocycles. The lowest BCUT2D eigenvalue weighted by Gasteiger charge is -2.10. The van der Waals surface area contributed by atoms with Crippen LogP contribution in [-0.2, 0) is 16.1 Å². The van der Waals surface area contributed by atoms with Gasteiger partial charge in [-0.25, -0.2) is 4.79 Å². The summed E-state index contributed by atoms with van der Waals surface area (Å²) in [5, 5.41) is 3.89. The Morgan fingerprint density at radius 1 is 1.10 bits per heavy atom. The number of allylic oxidation sites excluding steroid dienone is 1. The number of methoxy groups -OCH3 is 2. The Kier molecular flexibility index (Phi) is 7.05. The van der Waals surface area contributed by atoms with Crippen LogP contribution in [0.3, 0.4) is 0 Å². The van der Waals surface area contributed by atoms with Crippen molar-refractivity contribution in [3.8, 4) is 28.6 Å². The fourth-order valence-electron chi connectivity index (χ4n) is 2.61. The molecule has 1 aromatic heterocycles. The van der Waals surface area contributed by atoms with E-state index in [2.05, 4.69) is 10.1 Å². The van der Waals surface area contributed by atoms with E-state index in [1.54, 1.807) is 19.2 Å². The normalized spacial score (nSPS) is 10.8. The zero-order chi connectivity index (χ0) is 21.3. The molecule has 0 spiro atoms. The molecule has 0 saturated carbocycles. The number of carbonyl (C=O) groups is 1. The van der Waals surface area contributed by atoms with Crippen molar-refractivity contribution in [1.29, 1.82) is 0 Å². The maximum atomic E-state index is 12.0. The van der Waals surface area contributed by atoms with Gasteiger partial charge in [0.1, 0.15) is 5.75 Å². The van der Waals surface area contributed by atoms with Gasteiger partial charge in [-0.2, -0.15) is 4.98 Å².